The van der Waals surface area contributed by atoms with E-state index in [0.717, 1.165) is 45.7 Å². The molecule has 2 rings (SSSR count). The number of nitrogens with one attached hydrogen (secondary N) is 1. The van der Waals surface area contributed by atoms with Gasteiger partial charge in [0.05, 0.1) is 19.6 Å². The van der Waals surface area contributed by atoms with Crippen LogP contribution in [0.2, 0.25) is 0 Å². The van der Waals surface area contributed by atoms with E-state index in [-0.39, 0.29) is 5.97 Å². The molecule has 0 aromatic heterocycles. The molecular formula is C25H42N3O4+. The van der Waals surface area contributed by atoms with Gasteiger partial charge in [-0.2, -0.15) is 0 Å². The molecule has 1 amide bonds. The molecule has 1 aromatic rings. The fourth-order valence-corrected chi connectivity index (χ4v) is 3.96. The molecule has 32 heavy (non-hydrogen) atoms. The topological polar surface area (TPSA) is 67.9 Å². The Morgan fingerprint density at radius 3 is 2.12 bits per heavy atom. The van der Waals surface area contributed by atoms with Crippen LogP contribution < -0.4 is 5.32 Å². The molecule has 0 aliphatic carbocycles. The molecule has 0 bridgehead atoms. The SMILES string of the molecule is CC(C)(C)OC(=O)C[N+]1(CCCNC(=O)OC(C)(C)C)CCN(Cc2ccccc2)CC1. The van der Waals surface area contributed by atoms with Crippen molar-refractivity contribution in [2.75, 3.05) is 45.8 Å². The van der Waals surface area contributed by atoms with Crippen molar-refractivity contribution in [3.05, 3.63) is 35.9 Å². The maximum atomic E-state index is 12.7. The predicted molar refractivity (Wildman–Crippen MR) is 126 cm³/mol. The lowest BCUT2D eigenvalue weighted by atomic mass is 10.1. The second-order valence-electron chi connectivity index (χ2n) is 10.8. The number of alkyl carbamates (subject to hydrolysis) is 1. The number of hydrogen-bond donors (Lipinski definition) is 1. The molecule has 180 valence electrons. The summed E-state index contributed by atoms with van der Waals surface area (Å²) < 4.78 is 11.6. The number of carbonyl (C=O) groups is 2. The lowest BCUT2D eigenvalue weighted by molar-refractivity contribution is -0.925. The summed E-state index contributed by atoms with van der Waals surface area (Å²) in [6.45, 7) is 17.5. The zero-order chi connectivity index (χ0) is 23.8. The van der Waals surface area contributed by atoms with Crippen LogP contribution in [-0.2, 0) is 20.8 Å². The van der Waals surface area contributed by atoms with Gasteiger partial charge in [-0.3, -0.25) is 4.90 Å². The Bertz CT molecular complexity index is 730. The molecule has 0 saturated carbocycles. The summed E-state index contributed by atoms with van der Waals surface area (Å²) in [6.07, 6.45) is 0.379. The van der Waals surface area contributed by atoms with Crippen molar-refractivity contribution in [2.24, 2.45) is 0 Å². The first kappa shape index (κ1) is 26.1. The summed E-state index contributed by atoms with van der Waals surface area (Å²) in [5.74, 6) is -0.158. The number of rotatable bonds is 8. The monoisotopic (exact) mass is 448 g/mol. The quantitative estimate of drug-likeness (QED) is 0.374. The van der Waals surface area contributed by atoms with Gasteiger partial charge in [0.25, 0.3) is 0 Å². The first-order valence-corrected chi connectivity index (χ1v) is 11.7. The van der Waals surface area contributed by atoms with Gasteiger partial charge in [0.2, 0.25) is 0 Å². The molecule has 1 heterocycles. The Balaban J connectivity index is 1.92. The average Bonchev–Trinajstić information content (AvgIpc) is 2.65. The Kier molecular flexibility index (Phi) is 9.10. The van der Waals surface area contributed by atoms with Crippen LogP contribution in [0.3, 0.4) is 0 Å². The standard InChI is InChI=1S/C25H41N3O4/c1-24(2,3)31-22(29)20-28(16-10-13-26-23(30)32-25(4,5)6)17-14-27(15-18-28)19-21-11-8-7-9-12-21/h7-9,11-12H,10,13-20H2,1-6H3/p+1. The molecule has 0 radical (unpaired) electrons. The van der Waals surface area contributed by atoms with E-state index >= 15 is 0 Å². The van der Waals surface area contributed by atoms with Gasteiger partial charge in [0.1, 0.15) is 11.2 Å². The lowest BCUT2D eigenvalue weighted by Crippen LogP contribution is -2.62. The van der Waals surface area contributed by atoms with Crippen LogP contribution >= 0.6 is 0 Å². The normalized spacial score (nSPS) is 16.9. The Morgan fingerprint density at radius 2 is 1.56 bits per heavy atom. The van der Waals surface area contributed by atoms with E-state index < -0.39 is 17.3 Å². The molecule has 0 spiro atoms. The maximum absolute atomic E-state index is 12.7. The van der Waals surface area contributed by atoms with E-state index in [2.05, 4.69) is 34.5 Å². The van der Waals surface area contributed by atoms with Gasteiger partial charge in [-0.15, -0.1) is 0 Å². The Hall–Kier alpha value is -2.12. The second-order valence-corrected chi connectivity index (χ2v) is 10.8. The van der Waals surface area contributed by atoms with Crippen molar-refractivity contribution >= 4 is 12.1 Å². The molecule has 0 unspecified atom stereocenters. The van der Waals surface area contributed by atoms with Crippen LogP contribution in [0.1, 0.15) is 53.5 Å². The summed E-state index contributed by atoms with van der Waals surface area (Å²) in [6, 6.07) is 10.5. The van der Waals surface area contributed by atoms with Crippen LogP contribution in [0.15, 0.2) is 30.3 Å². The van der Waals surface area contributed by atoms with Gasteiger partial charge in [-0.05, 0) is 47.1 Å². The fourth-order valence-electron chi connectivity index (χ4n) is 3.96. The minimum Gasteiger partial charge on any atom is -0.456 e. The molecule has 7 heteroatoms. The first-order chi connectivity index (χ1) is 14.9. The molecule has 1 aliphatic heterocycles. The van der Waals surface area contributed by atoms with E-state index in [1.807, 2.05) is 47.6 Å². The smallest absolute Gasteiger partial charge is 0.407 e. The third kappa shape index (κ3) is 10.0. The van der Waals surface area contributed by atoms with Gasteiger partial charge in [-0.25, -0.2) is 9.59 Å². The van der Waals surface area contributed by atoms with Crippen LogP contribution in [-0.4, -0.2) is 78.5 Å². The zero-order valence-electron chi connectivity index (χ0n) is 20.8. The number of esters is 1. The van der Waals surface area contributed by atoms with Crippen molar-refractivity contribution in [3.8, 4) is 0 Å². The van der Waals surface area contributed by atoms with E-state index in [4.69, 9.17) is 9.47 Å². The number of hydrogen-bond acceptors (Lipinski definition) is 5. The molecule has 7 nitrogen and oxygen atoms in total. The van der Waals surface area contributed by atoms with Crippen molar-refractivity contribution in [3.63, 3.8) is 0 Å². The third-order valence-corrected chi connectivity index (χ3v) is 5.39. The van der Waals surface area contributed by atoms with Crippen LogP contribution in [0.25, 0.3) is 0 Å². The highest BCUT2D eigenvalue weighted by atomic mass is 16.6. The minimum atomic E-state index is -0.510. The first-order valence-electron chi connectivity index (χ1n) is 11.7. The van der Waals surface area contributed by atoms with E-state index in [0.29, 0.717) is 17.6 Å². The molecule has 1 aromatic carbocycles. The number of quaternary nitrogens is 1. The van der Waals surface area contributed by atoms with Gasteiger partial charge >= 0.3 is 12.1 Å². The number of benzene rings is 1. The number of carbonyl (C=O) groups excluding carboxylic acids is 2. The number of nitrogens with zero attached hydrogens (tertiary/aromatic N) is 2. The third-order valence-electron chi connectivity index (χ3n) is 5.39. The average molecular weight is 449 g/mol. The fraction of sp³-hybridized carbons (Fsp3) is 0.680. The van der Waals surface area contributed by atoms with Crippen molar-refractivity contribution in [2.45, 2.75) is 65.7 Å². The van der Waals surface area contributed by atoms with Gasteiger partial charge in [0, 0.05) is 32.6 Å². The van der Waals surface area contributed by atoms with Gasteiger partial charge < -0.3 is 19.3 Å². The van der Waals surface area contributed by atoms with Crippen molar-refractivity contribution in [1.29, 1.82) is 0 Å². The van der Waals surface area contributed by atoms with Gasteiger partial charge in [0.15, 0.2) is 6.54 Å². The molecule has 0 atom stereocenters. The minimum absolute atomic E-state index is 0.158. The molecular weight excluding hydrogens is 406 g/mol. The summed E-state index contributed by atoms with van der Waals surface area (Å²) in [4.78, 5) is 27.0. The van der Waals surface area contributed by atoms with Gasteiger partial charge in [-0.1, -0.05) is 30.3 Å². The summed E-state index contributed by atoms with van der Waals surface area (Å²) in [7, 11) is 0. The highest BCUT2D eigenvalue weighted by molar-refractivity contribution is 5.71. The largest absolute Gasteiger partial charge is 0.456 e. The number of amides is 1. The molecule has 1 saturated heterocycles. The summed E-state index contributed by atoms with van der Waals surface area (Å²) in [5.41, 5.74) is 0.305. The van der Waals surface area contributed by atoms with Crippen LogP contribution in [0.5, 0.6) is 0 Å². The molecule has 1 aliphatic rings. The Labute approximate surface area is 193 Å². The van der Waals surface area contributed by atoms with Crippen LogP contribution in [0.4, 0.5) is 4.79 Å². The Morgan fingerprint density at radius 1 is 0.969 bits per heavy atom. The maximum Gasteiger partial charge on any atom is 0.407 e. The van der Waals surface area contributed by atoms with E-state index in [9.17, 15) is 9.59 Å². The van der Waals surface area contributed by atoms with Crippen LogP contribution in [0, 0.1) is 0 Å². The number of piperazine rings is 1. The highest BCUT2D eigenvalue weighted by Crippen LogP contribution is 2.18. The summed E-state index contributed by atoms with van der Waals surface area (Å²) >= 11 is 0. The highest BCUT2D eigenvalue weighted by Gasteiger charge is 2.36. The predicted octanol–water partition coefficient (Wildman–Crippen LogP) is 3.58. The van der Waals surface area contributed by atoms with Crippen molar-refractivity contribution < 1.29 is 23.5 Å². The van der Waals surface area contributed by atoms with Crippen molar-refractivity contribution in [1.82, 2.24) is 10.2 Å². The summed E-state index contributed by atoms with van der Waals surface area (Å²) in [5, 5.41) is 2.83. The molecule has 1 N–H and O–H groups in total. The second kappa shape index (κ2) is 11.1. The van der Waals surface area contributed by atoms with E-state index in [1.165, 1.54) is 5.56 Å². The lowest BCUT2D eigenvalue weighted by Gasteiger charge is -2.44. The van der Waals surface area contributed by atoms with E-state index in [1.54, 1.807) is 0 Å². The number of ether oxygens (including phenoxy) is 2. The molecule has 1 fully saturated rings. The zero-order valence-corrected chi connectivity index (χ0v) is 20.8.